The van der Waals surface area contributed by atoms with Crippen LogP contribution in [0.5, 0.6) is 0 Å². The molecule has 0 heterocycles. The number of carbonyl (C=O) groups is 1. The highest BCUT2D eigenvalue weighted by atomic mass is 16.1. The molecule has 0 aliphatic heterocycles. The molecular weight excluding hydrogens is 114 g/mol. The number of nitrogens with zero attached hydrogens (tertiary/aromatic N) is 1. The summed E-state index contributed by atoms with van der Waals surface area (Å²) < 4.78 is 1.96. The molecule has 0 saturated heterocycles. The molecule has 2 nitrogen and oxygen atoms in total. The Bertz CT molecular complexity index is 143. The van der Waals surface area contributed by atoms with Gasteiger partial charge < -0.3 is 0 Å². The fraction of sp³-hybridized carbons (Fsp3) is 0.714. The van der Waals surface area contributed by atoms with Crippen molar-refractivity contribution in [1.82, 2.24) is 0 Å². The van der Waals surface area contributed by atoms with E-state index in [1.807, 2.05) is 25.6 Å². The van der Waals surface area contributed by atoms with Gasteiger partial charge in [-0.15, -0.1) is 0 Å². The van der Waals surface area contributed by atoms with Gasteiger partial charge in [0.2, 0.25) is 0 Å². The summed E-state index contributed by atoms with van der Waals surface area (Å²) in [7, 11) is 3.89. The lowest BCUT2D eigenvalue weighted by atomic mass is 10.2. The molecule has 0 amide bonds. The highest BCUT2D eigenvalue weighted by Gasteiger charge is 2.02. The standard InChI is InChI=1S/C7H14NO/c1-6(8(3)4)5-7(2)9/h5H2,1-4H3/q+1. The molecule has 0 aliphatic carbocycles. The molecule has 0 aromatic heterocycles. The molecule has 0 spiro atoms. The molecule has 9 heavy (non-hydrogen) atoms. The van der Waals surface area contributed by atoms with Crippen LogP contribution >= 0.6 is 0 Å². The van der Waals surface area contributed by atoms with E-state index in [-0.39, 0.29) is 5.78 Å². The van der Waals surface area contributed by atoms with Crippen molar-refractivity contribution in [2.24, 2.45) is 0 Å². The van der Waals surface area contributed by atoms with Gasteiger partial charge in [0, 0.05) is 6.92 Å². The van der Waals surface area contributed by atoms with Crippen LogP contribution in [-0.2, 0) is 4.79 Å². The van der Waals surface area contributed by atoms with Crippen LogP contribution in [0, 0.1) is 0 Å². The molecule has 0 aliphatic rings. The molecule has 0 N–H and O–H groups in total. The van der Waals surface area contributed by atoms with Gasteiger partial charge in [-0.05, 0) is 6.92 Å². The highest BCUT2D eigenvalue weighted by molar-refractivity contribution is 5.97. The van der Waals surface area contributed by atoms with E-state index >= 15 is 0 Å². The highest BCUT2D eigenvalue weighted by Crippen LogP contribution is 1.84. The maximum atomic E-state index is 10.5. The van der Waals surface area contributed by atoms with Gasteiger partial charge in [-0.2, -0.15) is 0 Å². The first-order chi connectivity index (χ1) is 4.04. The van der Waals surface area contributed by atoms with E-state index in [0.29, 0.717) is 6.42 Å². The van der Waals surface area contributed by atoms with E-state index in [0.717, 1.165) is 5.71 Å². The first kappa shape index (κ1) is 8.34. The van der Waals surface area contributed by atoms with Crippen molar-refractivity contribution >= 4 is 11.5 Å². The Morgan fingerprint density at radius 2 is 1.78 bits per heavy atom. The molecular formula is C7H14NO+. The van der Waals surface area contributed by atoms with E-state index in [2.05, 4.69) is 0 Å². The second kappa shape index (κ2) is 3.38. The summed E-state index contributed by atoms with van der Waals surface area (Å²) >= 11 is 0. The molecule has 0 fully saturated rings. The van der Waals surface area contributed by atoms with Gasteiger partial charge in [-0.3, -0.25) is 4.79 Å². The number of carbonyl (C=O) groups excluding carboxylic acids is 1. The molecule has 52 valence electrons. The van der Waals surface area contributed by atoms with Gasteiger partial charge in [0.1, 0.15) is 19.9 Å². The van der Waals surface area contributed by atoms with Gasteiger partial charge in [-0.25, -0.2) is 4.58 Å². The Kier molecular flexibility index (Phi) is 3.13. The lowest BCUT2D eigenvalue weighted by molar-refractivity contribution is -0.465. The SMILES string of the molecule is CC(=O)CC(C)=[N+](C)C. The molecule has 0 aromatic rings. The first-order valence-electron chi connectivity index (χ1n) is 3.03. The predicted octanol–water partition coefficient (Wildman–Crippen LogP) is 0.698. The number of Topliss-reactive ketones (excluding diaryl/α,β-unsaturated/α-hetero) is 1. The minimum Gasteiger partial charge on any atom is -0.299 e. The van der Waals surface area contributed by atoms with E-state index < -0.39 is 0 Å². The maximum Gasteiger partial charge on any atom is 0.156 e. The van der Waals surface area contributed by atoms with Crippen molar-refractivity contribution < 1.29 is 9.37 Å². The molecule has 0 radical (unpaired) electrons. The fourth-order valence-electron chi connectivity index (χ4n) is 0.518. The van der Waals surface area contributed by atoms with E-state index in [9.17, 15) is 4.79 Å². The summed E-state index contributed by atoms with van der Waals surface area (Å²) in [5.74, 6) is 0.223. The van der Waals surface area contributed by atoms with Crippen molar-refractivity contribution in [2.75, 3.05) is 14.1 Å². The number of ketones is 1. The van der Waals surface area contributed by atoms with Crippen molar-refractivity contribution in [3.63, 3.8) is 0 Å². The molecule has 0 aromatic carbocycles. The van der Waals surface area contributed by atoms with Crippen LogP contribution in [-0.4, -0.2) is 30.2 Å². The van der Waals surface area contributed by atoms with Gasteiger partial charge in [0.25, 0.3) is 0 Å². The molecule has 2 heteroatoms. The zero-order valence-corrected chi connectivity index (χ0v) is 6.56. The molecule has 0 rings (SSSR count). The molecule has 0 unspecified atom stereocenters. The van der Waals surface area contributed by atoms with Crippen molar-refractivity contribution in [1.29, 1.82) is 0 Å². The Balaban J connectivity index is 3.92. The summed E-state index contributed by atoms with van der Waals surface area (Å²) in [6.07, 6.45) is 0.576. The van der Waals surface area contributed by atoms with Crippen LogP contribution in [0.4, 0.5) is 0 Å². The minimum atomic E-state index is 0.223. The van der Waals surface area contributed by atoms with Crippen molar-refractivity contribution in [3.05, 3.63) is 0 Å². The average molecular weight is 128 g/mol. The summed E-state index contributed by atoms with van der Waals surface area (Å²) in [6, 6.07) is 0. The molecule has 0 bridgehead atoms. The van der Waals surface area contributed by atoms with Gasteiger partial charge in [0.15, 0.2) is 5.71 Å². The first-order valence-corrected chi connectivity index (χ1v) is 3.03. The summed E-state index contributed by atoms with van der Waals surface area (Å²) in [6.45, 7) is 3.56. The summed E-state index contributed by atoms with van der Waals surface area (Å²) in [5, 5.41) is 0. The number of hydrogen-bond donors (Lipinski definition) is 0. The third-order valence-electron chi connectivity index (χ3n) is 1.27. The zero-order valence-electron chi connectivity index (χ0n) is 6.56. The van der Waals surface area contributed by atoms with Gasteiger partial charge >= 0.3 is 0 Å². The van der Waals surface area contributed by atoms with Crippen LogP contribution in [0.2, 0.25) is 0 Å². The average Bonchev–Trinajstić information content (AvgIpc) is 1.63. The lowest BCUT2D eigenvalue weighted by Crippen LogP contribution is -2.12. The monoisotopic (exact) mass is 128 g/mol. The summed E-state index contributed by atoms with van der Waals surface area (Å²) in [4.78, 5) is 10.5. The zero-order chi connectivity index (χ0) is 7.44. The largest absolute Gasteiger partial charge is 0.299 e. The van der Waals surface area contributed by atoms with Gasteiger partial charge in [0.05, 0.1) is 6.42 Å². The Morgan fingerprint density at radius 1 is 1.33 bits per heavy atom. The minimum absolute atomic E-state index is 0.223. The van der Waals surface area contributed by atoms with Crippen LogP contribution < -0.4 is 0 Å². The number of rotatable bonds is 2. The Labute approximate surface area is 56.2 Å². The predicted molar refractivity (Wildman–Crippen MR) is 38.1 cm³/mol. The van der Waals surface area contributed by atoms with Crippen LogP contribution in [0.3, 0.4) is 0 Å². The van der Waals surface area contributed by atoms with Crippen LogP contribution in [0.1, 0.15) is 20.3 Å². The quantitative estimate of drug-likeness (QED) is 0.396. The second-order valence-electron chi connectivity index (χ2n) is 2.51. The molecule has 0 saturated carbocycles. The van der Waals surface area contributed by atoms with E-state index in [1.165, 1.54) is 0 Å². The second-order valence-corrected chi connectivity index (χ2v) is 2.51. The topological polar surface area (TPSA) is 20.1 Å². The molecule has 0 atom stereocenters. The maximum absolute atomic E-state index is 10.5. The Morgan fingerprint density at radius 3 is 1.89 bits per heavy atom. The Hall–Kier alpha value is -0.660. The van der Waals surface area contributed by atoms with Gasteiger partial charge in [-0.1, -0.05) is 0 Å². The van der Waals surface area contributed by atoms with Crippen molar-refractivity contribution in [2.45, 2.75) is 20.3 Å². The van der Waals surface area contributed by atoms with Crippen molar-refractivity contribution in [3.8, 4) is 0 Å². The third kappa shape index (κ3) is 3.88. The lowest BCUT2D eigenvalue weighted by Gasteiger charge is -1.92. The third-order valence-corrected chi connectivity index (χ3v) is 1.27. The van der Waals surface area contributed by atoms with E-state index in [4.69, 9.17) is 0 Å². The summed E-state index contributed by atoms with van der Waals surface area (Å²) in [5.41, 5.74) is 1.11. The van der Waals surface area contributed by atoms with Crippen LogP contribution in [0.15, 0.2) is 0 Å². The fourth-order valence-corrected chi connectivity index (χ4v) is 0.518. The smallest absolute Gasteiger partial charge is 0.156 e. The van der Waals surface area contributed by atoms with Crippen LogP contribution in [0.25, 0.3) is 0 Å². The normalized spacial score (nSPS) is 8.89. The number of hydrogen-bond acceptors (Lipinski definition) is 1. The van der Waals surface area contributed by atoms with E-state index in [1.54, 1.807) is 6.92 Å².